The maximum atomic E-state index is 12.2. The summed E-state index contributed by atoms with van der Waals surface area (Å²) in [6.45, 7) is 7.95. The number of allylic oxidation sites excluding steroid dienone is 5. The predicted octanol–water partition coefficient (Wildman–Crippen LogP) is 4.55. The predicted molar refractivity (Wildman–Crippen MR) is 122 cm³/mol. The van der Waals surface area contributed by atoms with Crippen LogP contribution in [0.3, 0.4) is 0 Å². The van der Waals surface area contributed by atoms with Gasteiger partial charge in [-0.25, -0.2) is 9.59 Å². The lowest BCUT2D eigenvalue weighted by atomic mass is 9.55. The summed E-state index contributed by atoms with van der Waals surface area (Å²) >= 11 is 0. The van der Waals surface area contributed by atoms with Crippen molar-refractivity contribution in [3.63, 3.8) is 0 Å². The Morgan fingerprint density at radius 2 is 1.73 bits per heavy atom. The zero-order chi connectivity index (χ0) is 24.0. The first-order valence-corrected chi connectivity index (χ1v) is 11.8. The van der Waals surface area contributed by atoms with Crippen molar-refractivity contribution in [1.29, 1.82) is 0 Å². The number of ether oxygens (including phenoxy) is 2. The van der Waals surface area contributed by atoms with E-state index in [2.05, 4.69) is 36.8 Å². The second-order valence-electron chi connectivity index (χ2n) is 10.3. The minimum atomic E-state index is -0.579. The number of esters is 3. The maximum absolute atomic E-state index is 12.2. The number of Topliss-reactive ketones (excluding diaryl/α,β-unsaturated/α-hetero) is 1. The summed E-state index contributed by atoms with van der Waals surface area (Å²) < 4.78 is 9.46. The second kappa shape index (κ2) is 8.54. The molecule has 0 N–H and O–H groups in total. The molecular formula is C27H32O6. The number of carbonyl (C=O) groups is 4. The molecule has 6 nitrogen and oxygen atoms in total. The lowest BCUT2D eigenvalue weighted by Gasteiger charge is -2.50. The monoisotopic (exact) mass is 452 g/mol. The van der Waals surface area contributed by atoms with Gasteiger partial charge in [-0.2, -0.15) is 0 Å². The van der Waals surface area contributed by atoms with E-state index < -0.39 is 11.9 Å². The van der Waals surface area contributed by atoms with Gasteiger partial charge in [0.2, 0.25) is 0 Å². The van der Waals surface area contributed by atoms with Crippen LogP contribution in [0.5, 0.6) is 0 Å². The van der Waals surface area contributed by atoms with E-state index in [1.807, 2.05) is 0 Å². The zero-order valence-electron chi connectivity index (χ0n) is 19.8. The molecule has 0 radical (unpaired) electrons. The quantitative estimate of drug-likeness (QED) is 0.451. The summed E-state index contributed by atoms with van der Waals surface area (Å²) in [5.74, 6) is -0.288. The van der Waals surface area contributed by atoms with Crippen molar-refractivity contribution in [3.8, 4) is 0 Å². The van der Waals surface area contributed by atoms with Gasteiger partial charge in [-0.1, -0.05) is 37.6 Å². The van der Waals surface area contributed by atoms with Gasteiger partial charge in [-0.05, 0) is 61.5 Å². The first-order chi connectivity index (χ1) is 15.5. The number of cyclic esters (lactones) is 2. The molecule has 0 aromatic rings. The van der Waals surface area contributed by atoms with Crippen molar-refractivity contribution in [3.05, 3.63) is 47.1 Å². The molecule has 2 fully saturated rings. The van der Waals surface area contributed by atoms with E-state index in [0.29, 0.717) is 11.7 Å². The highest BCUT2D eigenvalue weighted by Crippen LogP contribution is 2.62. The van der Waals surface area contributed by atoms with Gasteiger partial charge >= 0.3 is 17.9 Å². The molecule has 5 atom stereocenters. The van der Waals surface area contributed by atoms with E-state index >= 15 is 0 Å². The normalized spacial score (nSPS) is 36.1. The van der Waals surface area contributed by atoms with Gasteiger partial charge in [-0.3, -0.25) is 9.59 Å². The molecule has 0 amide bonds. The Bertz CT molecular complexity index is 1010. The number of fused-ring (bicyclic) bond motifs is 5. The van der Waals surface area contributed by atoms with Crippen LogP contribution in [0.2, 0.25) is 0 Å². The number of hydrogen-bond acceptors (Lipinski definition) is 6. The Labute approximate surface area is 194 Å². The van der Waals surface area contributed by atoms with Crippen molar-refractivity contribution in [2.24, 2.45) is 22.7 Å². The topological polar surface area (TPSA) is 86.7 Å². The van der Waals surface area contributed by atoms with Gasteiger partial charge < -0.3 is 9.47 Å². The second-order valence-corrected chi connectivity index (χ2v) is 10.3. The molecule has 1 aliphatic heterocycles. The van der Waals surface area contributed by atoms with Gasteiger partial charge in [-0.15, -0.1) is 0 Å². The van der Waals surface area contributed by atoms with Crippen molar-refractivity contribution in [2.45, 2.75) is 72.3 Å². The fourth-order valence-electron chi connectivity index (χ4n) is 6.65. The van der Waals surface area contributed by atoms with E-state index in [9.17, 15) is 19.2 Å². The Morgan fingerprint density at radius 1 is 1.03 bits per heavy atom. The molecule has 5 aliphatic rings. The highest BCUT2D eigenvalue weighted by Gasteiger charge is 2.54. The summed E-state index contributed by atoms with van der Waals surface area (Å²) in [6, 6.07) is 0. The Morgan fingerprint density at radius 3 is 2.30 bits per heavy atom. The molecule has 5 rings (SSSR count). The average molecular weight is 453 g/mol. The molecule has 0 bridgehead atoms. The third-order valence-electron chi connectivity index (χ3n) is 8.33. The van der Waals surface area contributed by atoms with E-state index in [4.69, 9.17) is 4.74 Å². The van der Waals surface area contributed by atoms with Crippen LogP contribution in [0.1, 0.15) is 66.2 Å². The lowest BCUT2D eigenvalue weighted by Crippen LogP contribution is -2.41. The number of carbonyl (C=O) groups excluding carboxylic acids is 4. The van der Waals surface area contributed by atoms with Crippen LogP contribution in [-0.2, 0) is 28.7 Å². The summed E-state index contributed by atoms with van der Waals surface area (Å²) in [5, 5.41) is 0. The zero-order valence-corrected chi connectivity index (χ0v) is 19.8. The van der Waals surface area contributed by atoms with Gasteiger partial charge in [0.15, 0.2) is 0 Å². The SMILES string of the molecule is CC(=O)O[C@H]1CC[C@@]2(C)C(=CC=C3C2=CC[C@]2(C)[C@@H](C(C)=O)CC[C@@H]32)C1.O=C1C=CC(=O)O1. The molecule has 0 aromatic heterocycles. The summed E-state index contributed by atoms with van der Waals surface area (Å²) in [6.07, 6.45) is 15.2. The average Bonchev–Trinajstić information content (AvgIpc) is 3.29. The number of ketones is 1. The highest BCUT2D eigenvalue weighted by atomic mass is 16.6. The van der Waals surface area contributed by atoms with Gasteiger partial charge in [0.05, 0.1) is 0 Å². The molecule has 176 valence electrons. The van der Waals surface area contributed by atoms with Gasteiger partial charge in [0, 0.05) is 36.8 Å². The van der Waals surface area contributed by atoms with Crippen LogP contribution in [0, 0.1) is 22.7 Å². The molecule has 33 heavy (non-hydrogen) atoms. The van der Waals surface area contributed by atoms with Crippen LogP contribution in [0.15, 0.2) is 47.1 Å². The number of rotatable bonds is 2. The van der Waals surface area contributed by atoms with Gasteiger partial charge in [0.1, 0.15) is 11.9 Å². The number of hydrogen-bond donors (Lipinski definition) is 0. The lowest BCUT2D eigenvalue weighted by molar-refractivity contribution is -0.150. The largest absolute Gasteiger partial charge is 0.462 e. The van der Waals surface area contributed by atoms with Crippen molar-refractivity contribution >= 4 is 23.7 Å². The Balaban J connectivity index is 0.000000318. The molecular weight excluding hydrogens is 420 g/mol. The van der Waals surface area contributed by atoms with Crippen LogP contribution in [-0.4, -0.2) is 29.8 Å². The summed E-state index contributed by atoms with van der Waals surface area (Å²) in [5.41, 5.74) is 4.51. The standard InChI is InChI=1S/C23H30O3.C4H2O3/c1-14(24)19-7-8-20-18-6-5-16-13-17(26-15(2)25)9-11-22(16,3)21(18)10-12-23(19,20)4;5-3-1-2-4(6)7-3/h5-6,10,17,19-20H,7-9,11-13H2,1-4H3;1-2H/t17-,19+,20-,22-,23+;/m0./s1. The van der Waals surface area contributed by atoms with Crippen LogP contribution < -0.4 is 0 Å². The maximum Gasteiger partial charge on any atom is 0.338 e. The smallest absolute Gasteiger partial charge is 0.338 e. The molecule has 0 unspecified atom stereocenters. The first kappa shape index (κ1) is 23.4. The van der Waals surface area contributed by atoms with Gasteiger partial charge in [0.25, 0.3) is 0 Å². The molecule has 0 saturated heterocycles. The van der Waals surface area contributed by atoms with Crippen molar-refractivity contribution in [2.75, 3.05) is 0 Å². The van der Waals surface area contributed by atoms with Crippen LogP contribution >= 0.6 is 0 Å². The van der Waals surface area contributed by atoms with Crippen molar-refractivity contribution < 1.29 is 28.7 Å². The molecule has 6 heteroatoms. The van der Waals surface area contributed by atoms with E-state index in [-0.39, 0.29) is 28.8 Å². The Kier molecular flexibility index (Phi) is 6.06. The third-order valence-corrected chi connectivity index (χ3v) is 8.33. The van der Waals surface area contributed by atoms with Crippen LogP contribution in [0.4, 0.5) is 0 Å². The summed E-state index contributed by atoms with van der Waals surface area (Å²) in [7, 11) is 0. The summed E-state index contributed by atoms with van der Waals surface area (Å²) in [4.78, 5) is 43.4. The molecule has 0 aromatic carbocycles. The molecule has 4 aliphatic carbocycles. The van der Waals surface area contributed by atoms with E-state index in [1.54, 1.807) is 6.92 Å². The third kappa shape index (κ3) is 4.16. The fraction of sp³-hybridized carbons (Fsp3) is 0.556. The molecule has 0 spiro atoms. The minimum absolute atomic E-state index is 0.0183. The van der Waals surface area contributed by atoms with Crippen LogP contribution in [0.25, 0.3) is 0 Å². The first-order valence-electron chi connectivity index (χ1n) is 11.8. The Hall–Kier alpha value is -2.76. The highest BCUT2D eigenvalue weighted by molar-refractivity contribution is 6.04. The van der Waals surface area contributed by atoms with Crippen molar-refractivity contribution in [1.82, 2.24) is 0 Å². The molecule has 1 heterocycles. The molecule has 2 saturated carbocycles. The van der Waals surface area contributed by atoms with E-state index in [0.717, 1.165) is 50.7 Å². The minimum Gasteiger partial charge on any atom is -0.462 e. The van der Waals surface area contributed by atoms with E-state index in [1.165, 1.54) is 23.6 Å². The fourth-order valence-corrected chi connectivity index (χ4v) is 6.65.